The highest BCUT2D eigenvalue weighted by Crippen LogP contribution is 2.34. The zero-order valence-corrected chi connectivity index (χ0v) is 16.9. The van der Waals surface area contributed by atoms with Crippen LogP contribution in [0.5, 0.6) is 11.5 Å². The maximum absolute atomic E-state index is 13.7. The molecule has 8 heteroatoms. The number of fused-ring (bicyclic) bond motifs is 1. The molecule has 3 aromatic rings. The number of imidazole rings is 1. The molecule has 30 heavy (non-hydrogen) atoms. The van der Waals surface area contributed by atoms with Gasteiger partial charge in [-0.25, -0.2) is 9.78 Å². The third kappa shape index (κ3) is 3.98. The quantitative estimate of drug-likeness (QED) is 0.378. The molecule has 0 aliphatic carbocycles. The number of hydrogen-bond acceptors (Lipinski definition) is 5. The average molecular weight is 416 g/mol. The van der Waals surface area contributed by atoms with Crippen LogP contribution in [-0.2, 0) is 11.2 Å². The number of nitrogens with zero attached hydrogens (tertiary/aromatic N) is 2. The highest BCUT2D eigenvalue weighted by molar-refractivity contribution is 5.91. The third-order valence-corrected chi connectivity index (χ3v) is 4.62. The number of para-hydroxylation sites is 2. The molecule has 0 N–H and O–H groups in total. The van der Waals surface area contributed by atoms with Gasteiger partial charge in [-0.15, -0.1) is 6.58 Å². The Morgan fingerprint density at radius 2 is 1.97 bits per heavy atom. The van der Waals surface area contributed by atoms with E-state index in [-0.39, 0.29) is 16.9 Å². The Kier molecular flexibility index (Phi) is 6.34. The number of ether oxygens (including phenoxy) is 3. The Morgan fingerprint density at radius 3 is 2.60 bits per heavy atom. The number of aromatic nitrogens is 2. The second-order valence-corrected chi connectivity index (χ2v) is 6.52. The molecule has 1 aromatic heterocycles. The highest BCUT2D eigenvalue weighted by Gasteiger charge is 2.25. The molecule has 1 unspecified atom stereocenters. The lowest BCUT2D eigenvalue weighted by molar-refractivity contribution is 0.0233. The van der Waals surface area contributed by atoms with Gasteiger partial charge in [0.1, 0.15) is 0 Å². The van der Waals surface area contributed by atoms with E-state index in [9.17, 15) is 13.6 Å². The number of rotatable bonds is 8. The fourth-order valence-corrected chi connectivity index (χ4v) is 3.30. The normalized spacial score (nSPS) is 12.1. The molecule has 0 amide bonds. The van der Waals surface area contributed by atoms with Gasteiger partial charge in [0.2, 0.25) is 0 Å². The van der Waals surface area contributed by atoms with Gasteiger partial charge in [-0.3, -0.25) is 4.57 Å². The zero-order valence-electron chi connectivity index (χ0n) is 16.9. The standard InChI is InChI=1S/C22H22F2N2O4/c1-5-8-14-11-15(12-18(28-3)19(14)29-4)21(27)30-13(2)20-25-16-9-6-7-10-17(16)26(20)22(23)24/h5-7,9-13,22H,1,8H2,2-4H3. The Bertz CT molecular complexity index is 1080. The van der Waals surface area contributed by atoms with Crippen LogP contribution in [0.15, 0.2) is 49.1 Å². The van der Waals surface area contributed by atoms with Crippen LogP contribution < -0.4 is 9.47 Å². The van der Waals surface area contributed by atoms with E-state index in [4.69, 9.17) is 14.2 Å². The van der Waals surface area contributed by atoms with Crippen molar-refractivity contribution >= 4 is 17.0 Å². The number of halogens is 2. The fraction of sp³-hybridized carbons (Fsp3) is 0.273. The molecule has 0 bridgehead atoms. The Labute approximate surface area is 172 Å². The van der Waals surface area contributed by atoms with Gasteiger partial charge in [0.15, 0.2) is 23.4 Å². The molecule has 0 radical (unpaired) electrons. The molecule has 3 rings (SSSR count). The minimum Gasteiger partial charge on any atom is -0.493 e. The smallest absolute Gasteiger partial charge is 0.338 e. The van der Waals surface area contributed by atoms with Crippen LogP contribution in [-0.4, -0.2) is 29.7 Å². The molecule has 1 heterocycles. The van der Waals surface area contributed by atoms with E-state index in [0.717, 1.165) is 4.57 Å². The average Bonchev–Trinajstić information content (AvgIpc) is 3.13. The molecule has 0 aliphatic heterocycles. The predicted octanol–water partition coefficient (Wildman–Crippen LogP) is 5.10. The fourth-order valence-electron chi connectivity index (χ4n) is 3.30. The maximum atomic E-state index is 13.7. The summed E-state index contributed by atoms with van der Waals surface area (Å²) in [5.41, 5.74) is 1.56. The van der Waals surface area contributed by atoms with Crippen LogP contribution in [0.25, 0.3) is 11.0 Å². The van der Waals surface area contributed by atoms with Crippen molar-refractivity contribution in [2.24, 2.45) is 0 Å². The van der Waals surface area contributed by atoms with E-state index in [2.05, 4.69) is 11.6 Å². The van der Waals surface area contributed by atoms with Gasteiger partial charge in [0.25, 0.3) is 0 Å². The molecule has 1 atom stereocenters. The van der Waals surface area contributed by atoms with Crippen molar-refractivity contribution in [2.45, 2.75) is 26.0 Å². The summed E-state index contributed by atoms with van der Waals surface area (Å²) in [4.78, 5) is 17.0. The number of methoxy groups -OCH3 is 2. The number of carbonyl (C=O) groups excluding carboxylic acids is 1. The van der Waals surface area contributed by atoms with Gasteiger partial charge >= 0.3 is 12.5 Å². The topological polar surface area (TPSA) is 62.6 Å². The first-order chi connectivity index (χ1) is 14.4. The van der Waals surface area contributed by atoms with Crippen LogP contribution in [0.4, 0.5) is 8.78 Å². The van der Waals surface area contributed by atoms with Crippen LogP contribution in [0.2, 0.25) is 0 Å². The highest BCUT2D eigenvalue weighted by atomic mass is 19.3. The summed E-state index contributed by atoms with van der Waals surface area (Å²) in [6.45, 7) is 2.38. The molecule has 0 saturated carbocycles. The number of benzene rings is 2. The van der Waals surface area contributed by atoms with Crippen molar-refractivity contribution in [3.05, 3.63) is 66.0 Å². The van der Waals surface area contributed by atoms with E-state index < -0.39 is 18.6 Å². The summed E-state index contributed by atoms with van der Waals surface area (Å²) in [6, 6.07) is 9.61. The van der Waals surface area contributed by atoms with Gasteiger partial charge in [-0.05, 0) is 37.6 Å². The summed E-state index contributed by atoms with van der Waals surface area (Å²) < 4.78 is 44.3. The van der Waals surface area contributed by atoms with Crippen molar-refractivity contribution in [1.82, 2.24) is 9.55 Å². The summed E-state index contributed by atoms with van der Waals surface area (Å²) in [5.74, 6) is 0.116. The largest absolute Gasteiger partial charge is 0.493 e. The molecule has 6 nitrogen and oxygen atoms in total. The molecule has 0 aliphatic rings. The van der Waals surface area contributed by atoms with Crippen molar-refractivity contribution in [1.29, 1.82) is 0 Å². The number of esters is 1. The monoisotopic (exact) mass is 416 g/mol. The third-order valence-electron chi connectivity index (χ3n) is 4.62. The number of carbonyl (C=O) groups is 1. The van der Waals surface area contributed by atoms with Crippen LogP contribution in [0, 0.1) is 0 Å². The van der Waals surface area contributed by atoms with E-state index in [1.54, 1.807) is 36.4 Å². The predicted molar refractivity (Wildman–Crippen MR) is 108 cm³/mol. The maximum Gasteiger partial charge on any atom is 0.338 e. The van der Waals surface area contributed by atoms with E-state index in [0.29, 0.717) is 29.0 Å². The summed E-state index contributed by atoms with van der Waals surface area (Å²) in [7, 11) is 2.96. The Hall–Kier alpha value is -3.42. The van der Waals surface area contributed by atoms with Crippen LogP contribution in [0.3, 0.4) is 0 Å². The van der Waals surface area contributed by atoms with E-state index >= 15 is 0 Å². The lowest BCUT2D eigenvalue weighted by Gasteiger charge is -2.17. The van der Waals surface area contributed by atoms with Gasteiger partial charge < -0.3 is 14.2 Å². The molecule has 0 saturated heterocycles. The van der Waals surface area contributed by atoms with Crippen molar-refractivity contribution < 1.29 is 27.8 Å². The molecule has 0 spiro atoms. The lowest BCUT2D eigenvalue weighted by atomic mass is 10.1. The molecule has 158 valence electrons. The molecule has 2 aromatic carbocycles. The SMILES string of the molecule is C=CCc1cc(C(=O)OC(C)c2nc3ccccc3n2C(F)F)cc(OC)c1OC. The van der Waals surface area contributed by atoms with Crippen molar-refractivity contribution in [3.8, 4) is 11.5 Å². The van der Waals surface area contributed by atoms with Gasteiger partial charge in [-0.2, -0.15) is 8.78 Å². The first-order valence-corrected chi connectivity index (χ1v) is 9.23. The summed E-state index contributed by atoms with van der Waals surface area (Å²) in [6.07, 6.45) is 1.10. The zero-order chi connectivity index (χ0) is 21.8. The van der Waals surface area contributed by atoms with Crippen molar-refractivity contribution in [3.63, 3.8) is 0 Å². The Balaban J connectivity index is 1.95. The minimum absolute atomic E-state index is 0.0358. The van der Waals surface area contributed by atoms with E-state index in [1.165, 1.54) is 27.2 Å². The molecule has 0 fully saturated rings. The summed E-state index contributed by atoms with van der Waals surface area (Å²) >= 11 is 0. The molecular formula is C22H22F2N2O4. The van der Waals surface area contributed by atoms with E-state index in [1.807, 2.05) is 0 Å². The van der Waals surface area contributed by atoms with Crippen LogP contribution >= 0.6 is 0 Å². The first kappa shape index (κ1) is 21.3. The number of alkyl halides is 2. The number of hydrogen-bond donors (Lipinski definition) is 0. The lowest BCUT2D eigenvalue weighted by Crippen LogP contribution is -2.15. The van der Waals surface area contributed by atoms with Gasteiger partial charge in [-0.1, -0.05) is 18.2 Å². The Morgan fingerprint density at radius 1 is 1.23 bits per heavy atom. The first-order valence-electron chi connectivity index (χ1n) is 9.23. The molecular weight excluding hydrogens is 394 g/mol. The van der Waals surface area contributed by atoms with Crippen LogP contribution in [0.1, 0.15) is 41.3 Å². The minimum atomic E-state index is -2.83. The second kappa shape index (κ2) is 8.94. The van der Waals surface area contributed by atoms with Crippen molar-refractivity contribution in [2.75, 3.05) is 14.2 Å². The second-order valence-electron chi connectivity index (χ2n) is 6.52. The van der Waals surface area contributed by atoms with Gasteiger partial charge in [0.05, 0.1) is 30.8 Å². The number of allylic oxidation sites excluding steroid dienone is 1. The summed E-state index contributed by atoms with van der Waals surface area (Å²) in [5, 5.41) is 0. The van der Waals surface area contributed by atoms with Gasteiger partial charge in [0, 0.05) is 5.56 Å².